The number of methoxy groups -OCH3 is 1. The van der Waals surface area contributed by atoms with Crippen LogP contribution < -0.4 is 15.0 Å². The molecule has 4 amide bonds. The number of carbonyl (C=O) groups is 4. The third kappa shape index (κ3) is 3.86. The molecule has 1 aromatic heterocycles. The first kappa shape index (κ1) is 20.6. The van der Waals surface area contributed by atoms with E-state index in [9.17, 15) is 19.2 Å². The van der Waals surface area contributed by atoms with Gasteiger partial charge in [-0.15, -0.1) is 0 Å². The molecule has 2 N–H and O–H groups in total. The zero-order valence-corrected chi connectivity index (χ0v) is 16.7. The molecule has 0 atom stereocenters. The van der Waals surface area contributed by atoms with Gasteiger partial charge in [0, 0.05) is 5.56 Å². The van der Waals surface area contributed by atoms with E-state index in [-0.39, 0.29) is 22.6 Å². The van der Waals surface area contributed by atoms with Gasteiger partial charge < -0.3 is 14.3 Å². The lowest BCUT2D eigenvalue weighted by Crippen LogP contribution is -2.54. The predicted octanol–water partition coefficient (Wildman–Crippen LogP) is 3.32. The van der Waals surface area contributed by atoms with Crippen LogP contribution >= 0.6 is 0 Å². The van der Waals surface area contributed by atoms with Gasteiger partial charge in [0.15, 0.2) is 0 Å². The van der Waals surface area contributed by atoms with Crippen molar-refractivity contribution in [3.63, 3.8) is 0 Å². The number of ether oxygens (including phenoxy) is 1. The van der Waals surface area contributed by atoms with Crippen LogP contribution in [0.5, 0.6) is 5.75 Å². The molecule has 0 unspecified atom stereocenters. The van der Waals surface area contributed by atoms with E-state index in [0.29, 0.717) is 17.1 Å². The molecule has 2 heterocycles. The summed E-state index contributed by atoms with van der Waals surface area (Å²) in [5.41, 5.74) is 0.580. The number of furan rings is 1. The number of imide groups is 2. The second-order valence-corrected chi connectivity index (χ2v) is 6.74. The molecule has 0 saturated carbocycles. The van der Waals surface area contributed by atoms with Crippen molar-refractivity contribution in [2.45, 2.75) is 0 Å². The first-order chi connectivity index (χ1) is 15.4. The summed E-state index contributed by atoms with van der Waals surface area (Å²) in [4.78, 5) is 49.6. The van der Waals surface area contributed by atoms with Gasteiger partial charge in [-0.25, -0.2) is 14.5 Å². The molecule has 2 aromatic carbocycles. The smallest absolute Gasteiger partial charge is 0.335 e. The Morgan fingerprint density at radius 3 is 2.50 bits per heavy atom. The summed E-state index contributed by atoms with van der Waals surface area (Å²) in [7, 11) is 1.49. The quantitative estimate of drug-likeness (QED) is 0.468. The fourth-order valence-electron chi connectivity index (χ4n) is 3.16. The number of amides is 4. The Balaban J connectivity index is 1.65. The molecule has 1 saturated heterocycles. The summed E-state index contributed by atoms with van der Waals surface area (Å²) < 4.78 is 10.8. The van der Waals surface area contributed by atoms with E-state index in [0.717, 1.165) is 4.90 Å². The Hall–Kier alpha value is -4.66. The molecule has 1 aliphatic heterocycles. The van der Waals surface area contributed by atoms with E-state index in [2.05, 4.69) is 5.32 Å². The van der Waals surface area contributed by atoms with Gasteiger partial charge in [0.25, 0.3) is 11.8 Å². The Bertz CT molecular complexity index is 1270. The van der Waals surface area contributed by atoms with Crippen molar-refractivity contribution < 1.29 is 33.4 Å². The van der Waals surface area contributed by atoms with Crippen molar-refractivity contribution in [3.05, 3.63) is 77.6 Å². The van der Waals surface area contributed by atoms with E-state index < -0.39 is 23.8 Å². The second-order valence-electron chi connectivity index (χ2n) is 6.74. The SMILES string of the molecule is COc1ccc(N2C(=O)NC(=O)/C(=C\c3ccc(-c4cccc(C(=O)O)c4)o3)C2=O)cc1. The van der Waals surface area contributed by atoms with E-state index in [1.165, 1.54) is 43.5 Å². The van der Waals surface area contributed by atoms with E-state index in [4.69, 9.17) is 14.3 Å². The Labute approximate surface area is 181 Å². The zero-order valence-electron chi connectivity index (χ0n) is 16.7. The highest BCUT2D eigenvalue weighted by Crippen LogP contribution is 2.27. The third-order valence-electron chi connectivity index (χ3n) is 4.74. The summed E-state index contributed by atoms with van der Waals surface area (Å²) in [6.07, 6.45) is 1.23. The fourth-order valence-corrected chi connectivity index (χ4v) is 3.16. The lowest BCUT2D eigenvalue weighted by atomic mass is 10.1. The number of rotatable bonds is 5. The minimum Gasteiger partial charge on any atom is -0.497 e. The summed E-state index contributed by atoms with van der Waals surface area (Å²) in [6.45, 7) is 0. The molecule has 1 aliphatic rings. The maximum absolute atomic E-state index is 12.9. The molecular formula is C23H16N2O7. The number of benzene rings is 2. The number of carbonyl (C=O) groups excluding carboxylic acids is 3. The van der Waals surface area contributed by atoms with Crippen LogP contribution in [0.15, 0.2) is 70.7 Å². The molecular weight excluding hydrogens is 416 g/mol. The van der Waals surface area contributed by atoms with Crippen molar-refractivity contribution in [2.24, 2.45) is 0 Å². The number of hydrogen-bond donors (Lipinski definition) is 2. The first-order valence-electron chi connectivity index (χ1n) is 9.36. The largest absolute Gasteiger partial charge is 0.497 e. The number of carboxylic acid groups (broad SMARTS) is 1. The Kier molecular flexibility index (Phi) is 5.30. The van der Waals surface area contributed by atoms with Crippen LogP contribution in [0.3, 0.4) is 0 Å². The molecule has 0 radical (unpaired) electrons. The van der Waals surface area contributed by atoms with Gasteiger partial charge in [-0.2, -0.15) is 0 Å². The maximum atomic E-state index is 12.9. The Morgan fingerprint density at radius 2 is 1.81 bits per heavy atom. The van der Waals surface area contributed by atoms with Crippen molar-refractivity contribution in [3.8, 4) is 17.1 Å². The number of hydrogen-bond acceptors (Lipinski definition) is 6. The van der Waals surface area contributed by atoms with Crippen LogP contribution in [0.1, 0.15) is 16.1 Å². The molecule has 32 heavy (non-hydrogen) atoms. The van der Waals surface area contributed by atoms with E-state index in [1.54, 1.807) is 30.3 Å². The summed E-state index contributed by atoms with van der Waals surface area (Å²) in [5.74, 6) is -1.66. The standard InChI is InChI=1S/C23H16N2O7/c1-31-16-7-5-15(6-8-16)25-21(27)18(20(26)24-23(25)30)12-17-9-10-19(32-17)13-3-2-4-14(11-13)22(28)29/h2-12H,1H3,(H,28,29)(H,24,26,30)/b18-12+. The molecule has 9 heteroatoms. The first-order valence-corrected chi connectivity index (χ1v) is 9.36. The van der Waals surface area contributed by atoms with Crippen molar-refractivity contribution in [1.29, 1.82) is 0 Å². The lowest BCUT2D eigenvalue weighted by molar-refractivity contribution is -0.122. The highest BCUT2D eigenvalue weighted by Gasteiger charge is 2.37. The van der Waals surface area contributed by atoms with Gasteiger partial charge >= 0.3 is 12.0 Å². The van der Waals surface area contributed by atoms with Crippen LogP contribution in [-0.2, 0) is 9.59 Å². The minimum absolute atomic E-state index is 0.0919. The molecule has 0 spiro atoms. The maximum Gasteiger partial charge on any atom is 0.335 e. The number of nitrogens with one attached hydrogen (secondary N) is 1. The average Bonchev–Trinajstić information content (AvgIpc) is 3.26. The summed E-state index contributed by atoms with van der Waals surface area (Å²) >= 11 is 0. The van der Waals surface area contributed by atoms with Gasteiger partial charge in [0.2, 0.25) is 0 Å². The number of barbiturate groups is 1. The molecule has 9 nitrogen and oxygen atoms in total. The Morgan fingerprint density at radius 1 is 1.06 bits per heavy atom. The molecule has 0 aliphatic carbocycles. The van der Waals surface area contributed by atoms with Gasteiger partial charge in [-0.1, -0.05) is 12.1 Å². The van der Waals surface area contributed by atoms with E-state index in [1.807, 2.05) is 0 Å². The van der Waals surface area contributed by atoms with Crippen LogP contribution in [-0.4, -0.2) is 36.0 Å². The second kappa shape index (κ2) is 8.23. The number of anilines is 1. The van der Waals surface area contributed by atoms with Crippen LogP contribution in [0.4, 0.5) is 10.5 Å². The lowest BCUT2D eigenvalue weighted by Gasteiger charge is -2.26. The normalized spacial score (nSPS) is 15.1. The van der Waals surface area contributed by atoms with Crippen LogP contribution in [0.25, 0.3) is 17.4 Å². The van der Waals surface area contributed by atoms with Crippen molar-refractivity contribution in [1.82, 2.24) is 5.32 Å². The van der Waals surface area contributed by atoms with Gasteiger partial charge in [0.05, 0.1) is 18.4 Å². The number of nitrogens with zero attached hydrogens (tertiary/aromatic N) is 1. The summed E-state index contributed by atoms with van der Waals surface area (Å²) in [6, 6.07) is 14.6. The third-order valence-corrected chi connectivity index (χ3v) is 4.74. The highest BCUT2D eigenvalue weighted by atomic mass is 16.5. The molecule has 4 rings (SSSR count). The van der Waals surface area contributed by atoms with E-state index >= 15 is 0 Å². The van der Waals surface area contributed by atoms with Crippen LogP contribution in [0, 0.1) is 0 Å². The van der Waals surface area contributed by atoms with Gasteiger partial charge in [0.1, 0.15) is 22.8 Å². The average molecular weight is 432 g/mol. The van der Waals surface area contributed by atoms with Crippen LogP contribution in [0.2, 0.25) is 0 Å². The topological polar surface area (TPSA) is 126 Å². The molecule has 160 valence electrons. The van der Waals surface area contributed by atoms with Crippen molar-refractivity contribution in [2.75, 3.05) is 12.0 Å². The molecule has 0 bridgehead atoms. The zero-order chi connectivity index (χ0) is 22.8. The van der Waals surface area contributed by atoms with Gasteiger partial charge in [-0.3, -0.25) is 14.9 Å². The number of urea groups is 1. The minimum atomic E-state index is -1.08. The molecule has 3 aromatic rings. The molecule has 1 fully saturated rings. The highest BCUT2D eigenvalue weighted by molar-refractivity contribution is 6.39. The van der Waals surface area contributed by atoms with Gasteiger partial charge in [-0.05, 0) is 54.6 Å². The number of carboxylic acids is 1. The predicted molar refractivity (Wildman–Crippen MR) is 113 cm³/mol. The fraction of sp³-hybridized carbons (Fsp3) is 0.0435. The monoisotopic (exact) mass is 432 g/mol. The van der Waals surface area contributed by atoms with Crippen molar-refractivity contribution >= 4 is 35.6 Å². The summed E-state index contributed by atoms with van der Waals surface area (Å²) in [5, 5.41) is 11.3. The number of aromatic carboxylic acids is 1.